The summed E-state index contributed by atoms with van der Waals surface area (Å²) in [7, 11) is 0. The van der Waals surface area contributed by atoms with Gasteiger partial charge in [0.1, 0.15) is 5.75 Å². The van der Waals surface area contributed by atoms with Gasteiger partial charge in [-0.05, 0) is 37.3 Å². The van der Waals surface area contributed by atoms with E-state index in [4.69, 9.17) is 14.7 Å². The molecule has 2 heterocycles. The molecule has 158 valence electrons. The van der Waals surface area contributed by atoms with Gasteiger partial charge in [-0.15, -0.1) is 11.3 Å². The molecule has 1 aromatic carbocycles. The fourth-order valence-electron chi connectivity index (χ4n) is 2.61. The van der Waals surface area contributed by atoms with Gasteiger partial charge in [0.2, 0.25) is 0 Å². The van der Waals surface area contributed by atoms with Crippen LogP contribution in [0.2, 0.25) is 0 Å². The number of carbonyl (C=O) groups is 2. The maximum atomic E-state index is 12.7. The SMILES string of the molecule is CCOc1ccc(N(CCC#N)C(=O)COC(=O)c2csc(-c3ncccn3)n2)cc1. The molecule has 0 spiro atoms. The van der Waals surface area contributed by atoms with Crippen molar-refractivity contribution >= 4 is 28.9 Å². The van der Waals surface area contributed by atoms with Crippen molar-refractivity contribution in [2.24, 2.45) is 0 Å². The second-order valence-electron chi connectivity index (χ2n) is 6.07. The van der Waals surface area contributed by atoms with Crippen molar-refractivity contribution in [3.8, 4) is 22.7 Å². The van der Waals surface area contributed by atoms with Crippen molar-refractivity contribution in [2.45, 2.75) is 13.3 Å². The van der Waals surface area contributed by atoms with Crippen LogP contribution in [0, 0.1) is 11.3 Å². The summed E-state index contributed by atoms with van der Waals surface area (Å²) in [5, 5.41) is 10.9. The number of benzene rings is 1. The number of thiazole rings is 1. The zero-order chi connectivity index (χ0) is 22.1. The highest BCUT2D eigenvalue weighted by Crippen LogP contribution is 2.21. The molecular weight excluding hydrogens is 418 g/mol. The van der Waals surface area contributed by atoms with Gasteiger partial charge in [-0.1, -0.05) is 0 Å². The fourth-order valence-corrected chi connectivity index (χ4v) is 3.34. The highest BCUT2D eigenvalue weighted by atomic mass is 32.1. The normalized spacial score (nSPS) is 10.2. The Morgan fingerprint density at radius 3 is 2.61 bits per heavy atom. The van der Waals surface area contributed by atoms with E-state index in [1.807, 2.05) is 13.0 Å². The first-order valence-electron chi connectivity index (χ1n) is 9.42. The number of esters is 1. The molecule has 0 bridgehead atoms. The van der Waals surface area contributed by atoms with E-state index in [-0.39, 0.29) is 18.7 Å². The van der Waals surface area contributed by atoms with Gasteiger partial charge in [0.15, 0.2) is 23.1 Å². The zero-order valence-corrected chi connectivity index (χ0v) is 17.5. The lowest BCUT2D eigenvalue weighted by Crippen LogP contribution is -2.35. The molecule has 0 saturated carbocycles. The van der Waals surface area contributed by atoms with Crippen molar-refractivity contribution in [1.82, 2.24) is 15.0 Å². The van der Waals surface area contributed by atoms with Gasteiger partial charge in [-0.25, -0.2) is 19.7 Å². The molecule has 0 N–H and O–H groups in total. The molecule has 0 aliphatic heterocycles. The molecular formula is C21H19N5O4S. The van der Waals surface area contributed by atoms with E-state index >= 15 is 0 Å². The predicted octanol–water partition coefficient (Wildman–Crippen LogP) is 3.10. The maximum Gasteiger partial charge on any atom is 0.358 e. The van der Waals surface area contributed by atoms with Gasteiger partial charge in [-0.3, -0.25) is 4.79 Å². The molecule has 0 aliphatic rings. The molecule has 0 aliphatic carbocycles. The van der Waals surface area contributed by atoms with E-state index in [1.165, 1.54) is 21.6 Å². The van der Waals surface area contributed by atoms with Gasteiger partial charge in [-0.2, -0.15) is 5.26 Å². The van der Waals surface area contributed by atoms with Crippen molar-refractivity contribution in [3.05, 3.63) is 53.8 Å². The smallest absolute Gasteiger partial charge is 0.358 e. The van der Waals surface area contributed by atoms with E-state index in [0.29, 0.717) is 28.9 Å². The average Bonchev–Trinajstić information content (AvgIpc) is 3.30. The van der Waals surface area contributed by atoms with Crippen molar-refractivity contribution in [2.75, 3.05) is 24.7 Å². The third-order valence-electron chi connectivity index (χ3n) is 4.00. The first-order valence-corrected chi connectivity index (χ1v) is 10.3. The number of hydrogen-bond acceptors (Lipinski definition) is 9. The summed E-state index contributed by atoms with van der Waals surface area (Å²) < 4.78 is 10.6. The minimum Gasteiger partial charge on any atom is -0.494 e. The van der Waals surface area contributed by atoms with Crippen molar-refractivity contribution < 1.29 is 19.1 Å². The minimum atomic E-state index is -0.723. The van der Waals surface area contributed by atoms with Crippen molar-refractivity contribution in [1.29, 1.82) is 5.26 Å². The molecule has 0 fully saturated rings. The van der Waals surface area contributed by atoms with Crippen LogP contribution >= 0.6 is 11.3 Å². The number of carbonyl (C=O) groups excluding carboxylic acids is 2. The van der Waals surface area contributed by atoms with Crippen LogP contribution in [0.25, 0.3) is 10.8 Å². The summed E-state index contributed by atoms with van der Waals surface area (Å²) in [6, 6.07) is 10.6. The number of rotatable bonds is 9. The van der Waals surface area contributed by atoms with Gasteiger partial charge in [0.05, 0.1) is 19.1 Å². The summed E-state index contributed by atoms with van der Waals surface area (Å²) >= 11 is 1.20. The minimum absolute atomic E-state index is 0.0740. The van der Waals surface area contributed by atoms with E-state index < -0.39 is 18.5 Å². The summed E-state index contributed by atoms with van der Waals surface area (Å²) in [4.78, 5) is 38.8. The first kappa shape index (κ1) is 21.9. The number of nitrogens with zero attached hydrogens (tertiary/aromatic N) is 5. The lowest BCUT2D eigenvalue weighted by atomic mass is 10.2. The Kier molecular flexibility index (Phi) is 7.61. The Hall–Kier alpha value is -3.84. The molecule has 3 aromatic rings. The van der Waals surface area contributed by atoms with Gasteiger partial charge in [0, 0.05) is 30.0 Å². The third-order valence-corrected chi connectivity index (χ3v) is 4.84. The number of ether oxygens (including phenoxy) is 2. The summed E-state index contributed by atoms with van der Waals surface area (Å²) in [5.41, 5.74) is 0.654. The van der Waals surface area contributed by atoms with Crippen LogP contribution in [0.15, 0.2) is 48.1 Å². The first-order chi connectivity index (χ1) is 15.1. The molecule has 9 nitrogen and oxygen atoms in total. The molecule has 0 unspecified atom stereocenters. The van der Waals surface area contributed by atoms with Crippen LogP contribution in [0.5, 0.6) is 5.75 Å². The second kappa shape index (κ2) is 10.8. The highest BCUT2D eigenvalue weighted by molar-refractivity contribution is 7.13. The molecule has 10 heteroatoms. The number of hydrogen-bond donors (Lipinski definition) is 0. The average molecular weight is 437 g/mol. The number of anilines is 1. The highest BCUT2D eigenvalue weighted by Gasteiger charge is 2.20. The third kappa shape index (κ3) is 5.83. The predicted molar refractivity (Wildman–Crippen MR) is 114 cm³/mol. The van der Waals surface area contributed by atoms with Gasteiger partial charge < -0.3 is 14.4 Å². The van der Waals surface area contributed by atoms with E-state index in [0.717, 1.165) is 0 Å². The Morgan fingerprint density at radius 2 is 1.94 bits per heavy atom. The molecule has 0 radical (unpaired) electrons. The lowest BCUT2D eigenvalue weighted by molar-refractivity contribution is -0.121. The number of amides is 1. The number of nitriles is 1. The molecule has 31 heavy (non-hydrogen) atoms. The molecule has 0 atom stereocenters. The fraction of sp³-hybridized carbons (Fsp3) is 0.238. The monoisotopic (exact) mass is 437 g/mol. The summed E-state index contributed by atoms with van der Waals surface area (Å²) in [6.45, 7) is 2.10. The van der Waals surface area contributed by atoms with Crippen LogP contribution in [-0.2, 0) is 9.53 Å². The Labute approximate surface area is 182 Å². The van der Waals surface area contributed by atoms with E-state index in [2.05, 4.69) is 15.0 Å². The Balaban J connectivity index is 1.64. The van der Waals surface area contributed by atoms with Crippen molar-refractivity contribution in [3.63, 3.8) is 0 Å². The molecule has 0 saturated heterocycles. The van der Waals surface area contributed by atoms with E-state index in [1.54, 1.807) is 42.7 Å². The van der Waals surface area contributed by atoms with Crippen LogP contribution in [-0.4, -0.2) is 46.6 Å². The quantitative estimate of drug-likeness (QED) is 0.469. The second-order valence-corrected chi connectivity index (χ2v) is 6.92. The molecule has 2 aromatic heterocycles. The number of aromatic nitrogens is 3. The molecule has 3 rings (SSSR count). The molecule has 1 amide bonds. The van der Waals surface area contributed by atoms with E-state index in [9.17, 15) is 9.59 Å². The maximum absolute atomic E-state index is 12.7. The summed E-state index contributed by atoms with van der Waals surface area (Å²) in [6.07, 6.45) is 3.30. The topological polar surface area (TPSA) is 118 Å². The zero-order valence-electron chi connectivity index (χ0n) is 16.7. The lowest BCUT2D eigenvalue weighted by Gasteiger charge is -2.21. The largest absolute Gasteiger partial charge is 0.494 e. The van der Waals surface area contributed by atoms with Gasteiger partial charge in [0.25, 0.3) is 5.91 Å². The Bertz CT molecular complexity index is 1060. The van der Waals surface area contributed by atoms with Crippen LogP contribution in [0.4, 0.5) is 5.69 Å². The summed E-state index contributed by atoms with van der Waals surface area (Å²) in [5.74, 6) is -0.0961. The Morgan fingerprint density at radius 1 is 1.19 bits per heavy atom. The van der Waals surface area contributed by atoms with Crippen LogP contribution in [0.3, 0.4) is 0 Å². The van der Waals surface area contributed by atoms with Crippen LogP contribution < -0.4 is 9.64 Å². The van der Waals surface area contributed by atoms with Crippen LogP contribution in [0.1, 0.15) is 23.8 Å². The standard InChI is InChI=1S/C21H19N5O4S/c1-2-29-16-7-5-15(6-8-16)26(12-3-9-22)18(27)13-30-21(28)17-14-31-20(25-17)19-23-10-4-11-24-19/h4-8,10-11,14H,2-3,12-13H2,1H3. The van der Waals surface area contributed by atoms with Gasteiger partial charge >= 0.3 is 5.97 Å².